The van der Waals surface area contributed by atoms with Crippen LogP contribution in [-0.2, 0) is 4.74 Å². The molecule has 0 saturated carbocycles. The van der Waals surface area contributed by atoms with Gasteiger partial charge in [-0.3, -0.25) is 4.98 Å². The van der Waals surface area contributed by atoms with Crippen molar-refractivity contribution in [2.45, 2.75) is 19.0 Å². The molecule has 36 heavy (non-hydrogen) atoms. The summed E-state index contributed by atoms with van der Waals surface area (Å²) in [7, 11) is 0. The standard InChI is InChI=1S/C29H29N5OS/c1-21-6-4-7-24(20-21)33-15-5-9-26(33)28-27(25-8-2-3-14-30-25)31-29(36)34(28)23-12-10-22(11-13-23)32-16-18-35-19-17-32/h2-15,20,27-28H,16-19H2,1H3,(H,31,36)/t27-,28+/m1/s1. The minimum absolute atomic E-state index is 0.0721. The van der Waals surface area contributed by atoms with Crippen molar-refractivity contribution in [2.75, 3.05) is 36.1 Å². The zero-order valence-corrected chi connectivity index (χ0v) is 21.1. The van der Waals surface area contributed by atoms with E-state index in [1.165, 1.54) is 11.3 Å². The highest BCUT2D eigenvalue weighted by Crippen LogP contribution is 2.42. The minimum atomic E-state index is -0.0870. The van der Waals surface area contributed by atoms with Gasteiger partial charge in [0.25, 0.3) is 0 Å². The van der Waals surface area contributed by atoms with Crippen LogP contribution in [0.1, 0.15) is 29.0 Å². The van der Waals surface area contributed by atoms with Crippen LogP contribution in [0, 0.1) is 6.92 Å². The van der Waals surface area contributed by atoms with Gasteiger partial charge in [-0.15, -0.1) is 0 Å². The van der Waals surface area contributed by atoms with Crippen LogP contribution in [0.15, 0.2) is 91.3 Å². The first kappa shape index (κ1) is 22.8. The monoisotopic (exact) mass is 495 g/mol. The molecule has 6 rings (SSSR count). The zero-order chi connectivity index (χ0) is 24.5. The zero-order valence-electron chi connectivity index (χ0n) is 20.2. The van der Waals surface area contributed by atoms with E-state index in [0.717, 1.165) is 49.1 Å². The van der Waals surface area contributed by atoms with Crippen molar-refractivity contribution in [1.29, 1.82) is 0 Å². The molecule has 7 heteroatoms. The summed E-state index contributed by atoms with van der Waals surface area (Å²) in [5, 5.41) is 4.28. The third kappa shape index (κ3) is 4.25. The molecule has 1 N–H and O–H groups in total. The second-order valence-corrected chi connectivity index (χ2v) is 9.64. The normalized spacial score (nSPS) is 20.0. The van der Waals surface area contributed by atoms with E-state index in [2.05, 4.69) is 99.5 Å². The Labute approximate surface area is 217 Å². The van der Waals surface area contributed by atoms with Gasteiger partial charge in [-0.25, -0.2) is 0 Å². The number of aryl methyl sites for hydroxylation is 1. The molecule has 0 radical (unpaired) electrons. The molecular formula is C29H29N5OS. The first-order valence-electron chi connectivity index (χ1n) is 12.4. The number of ether oxygens (including phenoxy) is 1. The van der Waals surface area contributed by atoms with Gasteiger partial charge in [-0.2, -0.15) is 0 Å². The quantitative estimate of drug-likeness (QED) is 0.384. The predicted molar refractivity (Wildman–Crippen MR) is 148 cm³/mol. The predicted octanol–water partition coefficient (Wildman–Crippen LogP) is 5.19. The van der Waals surface area contributed by atoms with Crippen molar-refractivity contribution in [3.05, 3.63) is 108 Å². The lowest BCUT2D eigenvalue weighted by molar-refractivity contribution is 0.122. The van der Waals surface area contributed by atoms with Gasteiger partial charge < -0.3 is 24.4 Å². The summed E-state index contributed by atoms with van der Waals surface area (Å²) in [6, 6.07) is 27.5. The van der Waals surface area contributed by atoms with Gasteiger partial charge in [-0.1, -0.05) is 18.2 Å². The Morgan fingerprint density at radius 2 is 1.69 bits per heavy atom. The summed E-state index contributed by atoms with van der Waals surface area (Å²) < 4.78 is 7.78. The fraction of sp³-hybridized carbons (Fsp3) is 0.241. The highest BCUT2D eigenvalue weighted by Gasteiger charge is 2.42. The topological polar surface area (TPSA) is 45.6 Å². The molecule has 0 unspecified atom stereocenters. The van der Waals surface area contributed by atoms with E-state index in [4.69, 9.17) is 21.9 Å². The molecule has 182 valence electrons. The fourth-order valence-corrected chi connectivity index (χ4v) is 5.57. The van der Waals surface area contributed by atoms with E-state index >= 15 is 0 Å². The highest BCUT2D eigenvalue weighted by molar-refractivity contribution is 7.80. The Morgan fingerprint density at radius 3 is 2.44 bits per heavy atom. The number of hydrogen-bond donors (Lipinski definition) is 1. The SMILES string of the molecule is Cc1cccc(-n2cccc2[C@H]2[C@@H](c3ccccn3)NC(=S)N2c2ccc(N3CCOCC3)cc2)c1. The van der Waals surface area contributed by atoms with E-state index < -0.39 is 0 Å². The Hall–Kier alpha value is -3.68. The number of thiocarbonyl (C=S) groups is 1. The Bertz CT molecular complexity index is 1350. The largest absolute Gasteiger partial charge is 0.378 e. The average Bonchev–Trinajstić information content (AvgIpc) is 3.54. The molecule has 2 saturated heterocycles. The highest BCUT2D eigenvalue weighted by atomic mass is 32.1. The molecular weight excluding hydrogens is 466 g/mol. The number of pyridine rings is 1. The van der Waals surface area contributed by atoms with Crippen LogP contribution < -0.4 is 15.1 Å². The van der Waals surface area contributed by atoms with Crippen molar-refractivity contribution in [3.8, 4) is 5.69 Å². The Balaban J connectivity index is 1.42. The first-order valence-corrected chi connectivity index (χ1v) is 12.8. The molecule has 2 aromatic carbocycles. The molecule has 2 fully saturated rings. The third-order valence-corrected chi connectivity index (χ3v) is 7.28. The number of hydrogen-bond acceptors (Lipinski definition) is 4. The van der Waals surface area contributed by atoms with E-state index in [1.54, 1.807) is 0 Å². The van der Waals surface area contributed by atoms with Gasteiger partial charge in [-0.05, 0) is 85.4 Å². The third-order valence-electron chi connectivity index (χ3n) is 6.97. The minimum Gasteiger partial charge on any atom is -0.378 e. The summed E-state index contributed by atoms with van der Waals surface area (Å²) in [6.45, 7) is 5.49. The number of anilines is 2. The number of morpholine rings is 1. The first-order chi connectivity index (χ1) is 17.7. The molecule has 2 aliphatic heterocycles. The maximum Gasteiger partial charge on any atom is 0.174 e. The number of nitrogens with one attached hydrogen (secondary N) is 1. The molecule has 6 nitrogen and oxygen atoms in total. The molecule has 4 aromatic rings. The maximum atomic E-state index is 5.94. The summed E-state index contributed by atoms with van der Waals surface area (Å²) in [4.78, 5) is 9.30. The van der Waals surface area contributed by atoms with E-state index in [1.807, 2.05) is 18.3 Å². The smallest absolute Gasteiger partial charge is 0.174 e. The molecule has 0 spiro atoms. The molecule has 0 amide bonds. The fourth-order valence-electron chi connectivity index (χ4n) is 5.23. The van der Waals surface area contributed by atoms with E-state index in [9.17, 15) is 0 Å². The van der Waals surface area contributed by atoms with Gasteiger partial charge in [0.05, 0.1) is 24.9 Å². The average molecular weight is 496 g/mol. The molecule has 0 bridgehead atoms. The lowest BCUT2D eigenvalue weighted by Crippen LogP contribution is -2.36. The summed E-state index contributed by atoms with van der Waals surface area (Å²) in [5.41, 5.74) is 6.75. The Morgan fingerprint density at radius 1 is 0.889 bits per heavy atom. The lowest BCUT2D eigenvalue weighted by atomic mass is 10.0. The second kappa shape index (κ2) is 9.76. The van der Waals surface area contributed by atoms with Gasteiger partial charge in [0.15, 0.2) is 5.11 Å². The Kier molecular flexibility index (Phi) is 6.17. The van der Waals surface area contributed by atoms with Crippen LogP contribution in [0.25, 0.3) is 5.69 Å². The van der Waals surface area contributed by atoms with E-state index in [0.29, 0.717) is 5.11 Å². The number of nitrogens with zero attached hydrogens (tertiary/aromatic N) is 4. The van der Waals surface area contributed by atoms with Crippen molar-refractivity contribution >= 4 is 28.7 Å². The van der Waals surface area contributed by atoms with Crippen molar-refractivity contribution in [2.24, 2.45) is 0 Å². The number of aromatic nitrogens is 2. The van der Waals surface area contributed by atoms with Crippen LogP contribution in [0.5, 0.6) is 0 Å². The molecule has 2 aromatic heterocycles. The van der Waals surface area contributed by atoms with Crippen LogP contribution in [0.2, 0.25) is 0 Å². The van der Waals surface area contributed by atoms with Crippen LogP contribution in [0.4, 0.5) is 11.4 Å². The van der Waals surface area contributed by atoms with Crippen molar-refractivity contribution < 1.29 is 4.74 Å². The summed E-state index contributed by atoms with van der Waals surface area (Å²) >= 11 is 5.94. The summed E-state index contributed by atoms with van der Waals surface area (Å²) in [6.07, 6.45) is 3.97. The van der Waals surface area contributed by atoms with Gasteiger partial charge in [0.2, 0.25) is 0 Å². The maximum absolute atomic E-state index is 5.94. The van der Waals surface area contributed by atoms with Crippen LogP contribution in [0.3, 0.4) is 0 Å². The lowest BCUT2D eigenvalue weighted by Gasteiger charge is -2.31. The molecule has 2 aliphatic rings. The van der Waals surface area contributed by atoms with E-state index in [-0.39, 0.29) is 12.1 Å². The van der Waals surface area contributed by atoms with Crippen LogP contribution >= 0.6 is 12.2 Å². The number of benzene rings is 2. The molecule has 2 atom stereocenters. The second-order valence-electron chi connectivity index (χ2n) is 9.25. The van der Waals surface area contributed by atoms with Crippen molar-refractivity contribution in [3.63, 3.8) is 0 Å². The van der Waals surface area contributed by atoms with Gasteiger partial charge in [0, 0.05) is 48.2 Å². The summed E-state index contributed by atoms with van der Waals surface area (Å²) in [5.74, 6) is 0. The van der Waals surface area contributed by atoms with Gasteiger partial charge in [0.1, 0.15) is 6.04 Å². The molecule has 4 heterocycles. The number of rotatable bonds is 5. The van der Waals surface area contributed by atoms with Gasteiger partial charge >= 0.3 is 0 Å². The van der Waals surface area contributed by atoms with Crippen LogP contribution in [-0.4, -0.2) is 41.0 Å². The van der Waals surface area contributed by atoms with Crippen molar-refractivity contribution in [1.82, 2.24) is 14.9 Å². The molecule has 0 aliphatic carbocycles.